The van der Waals surface area contributed by atoms with E-state index in [0.717, 1.165) is 23.8 Å². The molecule has 26 heavy (non-hydrogen) atoms. The first-order valence-electron chi connectivity index (χ1n) is 8.31. The molecule has 1 amide bonds. The third-order valence-electron chi connectivity index (χ3n) is 3.84. The molecule has 0 saturated heterocycles. The smallest absolute Gasteiger partial charge is 0.336 e. The molecule has 1 N–H and O–H groups in total. The van der Waals surface area contributed by atoms with Gasteiger partial charge in [-0.15, -0.1) is 0 Å². The highest BCUT2D eigenvalue weighted by molar-refractivity contribution is 6.33. The highest BCUT2D eigenvalue weighted by Crippen LogP contribution is 2.24. The van der Waals surface area contributed by atoms with Crippen molar-refractivity contribution < 1.29 is 13.9 Å². The van der Waals surface area contributed by atoms with E-state index < -0.39 is 5.63 Å². The normalized spacial score (nSPS) is 10.7. The Bertz CT molecular complexity index is 997. The molecule has 1 aromatic heterocycles. The van der Waals surface area contributed by atoms with E-state index >= 15 is 0 Å². The van der Waals surface area contributed by atoms with Crippen LogP contribution < -0.4 is 15.7 Å². The van der Waals surface area contributed by atoms with E-state index in [0.29, 0.717) is 22.0 Å². The minimum Gasteiger partial charge on any atom is -0.484 e. The molecular weight excluding hydrogens is 354 g/mol. The van der Waals surface area contributed by atoms with E-state index in [1.54, 1.807) is 36.4 Å². The number of ether oxygens (including phenoxy) is 1. The summed E-state index contributed by atoms with van der Waals surface area (Å²) >= 11 is 6.01. The summed E-state index contributed by atoms with van der Waals surface area (Å²) in [6, 6.07) is 13.7. The summed E-state index contributed by atoms with van der Waals surface area (Å²) in [6.07, 6.45) is 1.72. The Morgan fingerprint density at radius 2 is 2.00 bits per heavy atom. The van der Waals surface area contributed by atoms with Gasteiger partial charge in [0.1, 0.15) is 11.3 Å². The lowest BCUT2D eigenvalue weighted by Gasteiger charge is -2.10. The standard InChI is InChI=1S/C20H18ClNO4/c1-2-5-13-10-20(24)26-18-11-14(8-9-15(13)18)25-12-19(23)22-17-7-4-3-6-16(17)21/h3-4,6-11H,2,5,12H2,1H3,(H,22,23). The highest BCUT2D eigenvalue weighted by Gasteiger charge is 2.09. The summed E-state index contributed by atoms with van der Waals surface area (Å²) in [6.45, 7) is 1.87. The zero-order chi connectivity index (χ0) is 18.5. The lowest BCUT2D eigenvalue weighted by atomic mass is 10.1. The van der Waals surface area contributed by atoms with Crippen LogP contribution in [0.3, 0.4) is 0 Å². The van der Waals surface area contributed by atoms with Crippen molar-refractivity contribution in [1.82, 2.24) is 0 Å². The second-order valence-corrected chi connectivity index (χ2v) is 6.22. The number of hydrogen-bond acceptors (Lipinski definition) is 4. The topological polar surface area (TPSA) is 68.5 Å². The molecule has 3 aromatic rings. The lowest BCUT2D eigenvalue weighted by molar-refractivity contribution is -0.118. The van der Waals surface area contributed by atoms with Crippen molar-refractivity contribution in [1.29, 1.82) is 0 Å². The number of halogens is 1. The van der Waals surface area contributed by atoms with Crippen LogP contribution in [-0.2, 0) is 11.2 Å². The molecule has 3 rings (SSSR count). The van der Waals surface area contributed by atoms with Gasteiger partial charge in [-0.2, -0.15) is 0 Å². The second-order valence-electron chi connectivity index (χ2n) is 5.82. The van der Waals surface area contributed by atoms with Crippen molar-refractivity contribution in [3.05, 3.63) is 69.5 Å². The number of fused-ring (bicyclic) bond motifs is 1. The molecule has 0 radical (unpaired) electrons. The molecule has 2 aromatic carbocycles. The van der Waals surface area contributed by atoms with Crippen LogP contribution in [0.2, 0.25) is 5.02 Å². The number of rotatable bonds is 6. The molecule has 0 aliphatic carbocycles. The average Bonchev–Trinajstić information content (AvgIpc) is 2.62. The van der Waals surface area contributed by atoms with Crippen LogP contribution in [0.15, 0.2) is 57.7 Å². The number of benzene rings is 2. The van der Waals surface area contributed by atoms with Crippen molar-refractivity contribution >= 4 is 34.2 Å². The van der Waals surface area contributed by atoms with Crippen LogP contribution in [0, 0.1) is 0 Å². The molecule has 0 aliphatic rings. The first kappa shape index (κ1) is 18.0. The van der Waals surface area contributed by atoms with Gasteiger partial charge in [0.15, 0.2) is 6.61 Å². The summed E-state index contributed by atoms with van der Waals surface area (Å²) in [5.41, 5.74) is 1.53. The number of aryl methyl sites for hydroxylation is 1. The predicted molar refractivity (Wildman–Crippen MR) is 102 cm³/mol. The molecule has 0 atom stereocenters. The first-order chi connectivity index (χ1) is 12.6. The maximum absolute atomic E-state index is 12.0. The van der Waals surface area contributed by atoms with Gasteiger partial charge >= 0.3 is 5.63 Å². The van der Waals surface area contributed by atoms with E-state index in [9.17, 15) is 9.59 Å². The van der Waals surface area contributed by atoms with Gasteiger partial charge in [-0.1, -0.05) is 37.1 Å². The quantitative estimate of drug-likeness (QED) is 0.651. The first-order valence-corrected chi connectivity index (χ1v) is 8.68. The number of nitrogens with one attached hydrogen (secondary N) is 1. The molecule has 134 valence electrons. The monoisotopic (exact) mass is 371 g/mol. The third kappa shape index (κ3) is 4.24. The summed E-state index contributed by atoms with van der Waals surface area (Å²) in [7, 11) is 0. The Labute approximate surface area is 155 Å². The molecule has 0 aliphatic heterocycles. The average molecular weight is 372 g/mol. The molecule has 1 heterocycles. The van der Waals surface area contributed by atoms with Crippen LogP contribution in [0.1, 0.15) is 18.9 Å². The summed E-state index contributed by atoms with van der Waals surface area (Å²) in [5.74, 6) is 0.114. The summed E-state index contributed by atoms with van der Waals surface area (Å²) in [4.78, 5) is 23.7. The van der Waals surface area contributed by atoms with Gasteiger partial charge < -0.3 is 14.5 Å². The minimum absolute atomic E-state index is 0.185. The highest BCUT2D eigenvalue weighted by atomic mass is 35.5. The largest absolute Gasteiger partial charge is 0.484 e. The van der Waals surface area contributed by atoms with Crippen LogP contribution in [0.4, 0.5) is 5.69 Å². The number of hydrogen-bond donors (Lipinski definition) is 1. The number of amides is 1. The maximum Gasteiger partial charge on any atom is 0.336 e. The molecular formula is C20H18ClNO4. The fourth-order valence-corrected chi connectivity index (χ4v) is 2.86. The Balaban J connectivity index is 1.72. The van der Waals surface area contributed by atoms with Crippen LogP contribution in [0.25, 0.3) is 11.0 Å². The predicted octanol–water partition coefficient (Wildman–Crippen LogP) is 4.42. The van der Waals surface area contributed by atoms with Crippen molar-refractivity contribution in [3.63, 3.8) is 0 Å². The lowest BCUT2D eigenvalue weighted by Crippen LogP contribution is -2.20. The molecule has 0 spiro atoms. The Morgan fingerprint density at radius 3 is 2.77 bits per heavy atom. The Hall–Kier alpha value is -2.79. The van der Waals surface area contributed by atoms with Gasteiger partial charge in [0.05, 0.1) is 10.7 Å². The van der Waals surface area contributed by atoms with Gasteiger partial charge in [-0.3, -0.25) is 4.79 Å². The van der Waals surface area contributed by atoms with Crippen molar-refractivity contribution in [3.8, 4) is 5.75 Å². The number of carbonyl (C=O) groups is 1. The third-order valence-corrected chi connectivity index (χ3v) is 4.17. The maximum atomic E-state index is 12.0. The van der Waals surface area contributed by atoms with Gasteiger partial charge in [0.25, 0.3) is 5.91 Å². The Morgan fingerprint density at radius 1 is 1.19 bits per heavy atom. The van der Waals surface area contributed by atoms with Crippen molar-refractivity contribution in [2.75, 3.05) is 11.9 Å². The molecule has 0 unspecified atom stereocenters. The van der Waals surface area contributed by atoms with Crippen molar-refractivity contribution in [2.45, 2.75) is 19.8 Å². The molecule has 5 nitrogen and oxygen atoms in total. The number of carbonyl (C=O) groups excluding carboxylic acids is 1. The van der Waals surface area contributed by atoms with Crippen LogP contribution in [-0.4, -0.2) is 12.5 Å². The minimum atomic E-state index is -0.394. The van der Waals surface area contributed by atoms with Crippen LogP contribution in [0.5, 0.6) is 5.75 Å². The van der Waals surface area contributed by atoms with E-state index in [1.807, 2.05) is 6.07 Å². The summed E-state index contributed by atoms with van der Waals surface area (Å²) in [5, 5.41) is 4.01. The van der Waals surface area contributed by atoms with Gasteiger partial charge in [-0.05, 0) is 36.2 Å². The van der Waals surface area contributed by atoms with Gasteiger partial charge in [0.2, 0.25) is 0 Å². The van der Waals surface area contributed by atoms with E-state index in [4.69, 9.17) is 20.8 Å². The molecule has 0 bridgehead atoms. The zero-order valence-electron chi connectivity index (χ0n) is 14.3. The summed E-state index contributed by atoms with van der Waals surface area (Å²) < 4.78 is 10.8. The molecule has 6 heteroatoms. The number of para-hydroxylation sites is 1. The SMILES string of the molecule is CCCc1cc(=O)oc2cc(OCC(=O)Nc3ccccc3Cl)ccc12. The van der Waals surface area contributed by atoms with E-state index in [-0.39, 0.29) is 12.5 Å². The van der Waals surface area contributed by atoms with E-state index in [1.165, 1.54) is 6.07 Å². The van der Waals surface area contributed by atoms with E-state index in [2.05, 4.69) is 12.2 Å². The molecule has 0 saturated carbocycles. The number of anilines is 1. The fraction of sp³-hybridized carbons (Fsp3) is 0.200. The van der Waals surface area contributed by atoms with Gasteiger partial charge in [-0.25, -0.2) is 4.79 Å². The zero-order valence-corrected chi connectivity index (χ0v) is 15.0. The van der Waals surface area contributed by atoms with Crippen LogP contribution >= 0.6 is 11.6 Å². The van der Waals surface area contributed by atoms with Gasteiger partial charge in [0, 0.05) is 17.5 Å². The fourth-order valence-electron chi connectivity index (χ4n) is 2.67. The molecule has 0 fully saturated rings. The second kappa shape index (κ2) is 8.06. The Kier molecular flexibility index (Phi) is 5.58. The van der Waals surface area contributed by atoms with Crippen molar-refractivity contribution in [2.24, 2.45) is 0 Å².